The number of ether oxygens (including phenoxy) is 4. The van der Waals surface area contributed by atoms with E-state index >= 15 is 0 Å². The fourth-order valence-corrected chi connectivity index (χ4v) is 11.2. The number of amides is 2. The van der Waals surface area contributed by atoms with Crippen LogP contribution in [-0.4, -0.2) is 141 Å². The molecule has 0 unspecified atom stereocenters. The Morgan fingerprint density at radius 3 is 1.12 bits per heavy atom. The van der Waals surface area contributed by atoms with Gasteiger partial charge >= 0.3 is 0 Å². The van der Waals surface area contributed by atoms with Gasteiger partial charge in [0.25, 0.3) is 11.8 Å². The van der Waals surface area contributed by atoms with Gasteiger partial charge in [0.15, 0.2) is 54.6 Å². The van der Waals surface area contributed by atoms with Crippen LogP contribution >= 0.6 is 0 Å². The first-order chi connectivity index (χ1) is 38.2. The number of sulfone groups is 2. The van der Waals surface area contributed by atoms with Crippen molar-refractivity contribution in [1.82, 2.24) is 70.1 Å². The quantitative estimate of drug-likeness (QED) is 0.0954. The van der Waals surface area contributed by atoms with Crippen molar-refractivity contribution < 1.29 is 54.2 Å². The van der Waals surface area contributed by atoms with Gasteiger partial charge in [-0.05, 0) is 62.4 Å². The van der Waals surface area contributed by atoms with E-state index in [0.717, 1.165) is 24.8 Å². The number of benzene rings is 2. The van der Waals surface area contributed by atoms with Crippen LogP contribution in [0.3, 0.4) is 0 Å². The number of hydrogen-bond donors (Lipinski definition) is 2. The highest BCUT2D eigenvalue weighted by Crippen LogP contribution is 2.39. The summed E-state index contributed by atoms with van der Waals surface area (Å²) in [5, 5.41) is 20.1. The lowest BCUT2D eigenvalue weighted by molar-refractivity contribution is 0.0950. The summed E-state index contributed by atoms with van der Waals surface area (Å²) in [4.78, 5) is 49.1. The van der Waals surface area contributed by atoms with Crippen LogP contribution < -0.4 is 29.6 Å². The van der Waals surface area contributed by atoms with E-state index in [2.05, 4.69) is 60.9 Å². The molecule has 2 amide bonds. The first-order valence-electron chi connectivity index (χ1n) is 24.3. The van der Waals surface area contributed by atoms with Crippen LogP contribution in [0, 0.1) is 11.6 Å². The number of para-hydroxylation sites is 2. The lowest BCUT2D eigenvalue weighted by Crippen LogP contribution is -2.27. The van der Waals surface area contributed by atoms with Crippen LogP contribution in [0.25, 0.3) is 34.4 Å². The van der Waals surface area contributed by atoms with Crippen LogP contribution in [0.15, 0.2) is 97.6 Å². The van der Waals surface area contributed by atoms with E-state index in [9.17, 15) is 35.2 Å². The molecule has 80 heavy (non-hydrogen) atoms. The molecule has 6 heterocycles. The number of carbonyl (C=O) groups excluding carboxylic acids is 2. The summed E-state index contributed by atoms with van der Waals surface area (Å²) in [6.07, 6.45) is 3.98. The van der Waals surface area contributed by atoms with Gasteiger partial charge in [-0.1, -0.05) is 38.1 Å². The lowest BCUT2D eigenvalue weighted by Gasteiger charge is -2.20. The fraction of sp³-hybridized carbons (Fsp3) is 0.308. The highest BCUT2D eigenvalue weighted by atomic mass is 32.2. The lowest BCUT2D eigenvalue weighted by atomic mass is 10.1. The zero-order chi connectivity index (χ0) is 58.1. The molecule has 420 valence electrons. The van der Waals surface area contributed by atoms with Gasteiger partial charge in [-0.15, -0.1) is 20.4 Å². The SMILES string of the molecule is CNC(=O)c1cccc(-c2nnc(CS(=O)(=O)[C@@H](C)[C@H](C)c3ncc(F)cn3)n2-c2c(OC)cccc2OC)n1.CNC(=O)c1cccc(-c2nnc(CS(=O)(=O)[C@H](C)[C@@H](C)c3ncc(F)cn3)n2-c2c(OC)cccc2OC)n1. The minimum atomic E-state index is -3.90. The molecule has 0 spiro atoms. The Kier molecular flexibility index (Phi) is 18.5. The predicted octanol–water partition coefficient (Wildman–Crippen LogP) is 5.48. The molecule has 0 aliphatic heterocycles. The van der Waals surface area contributed by atoms with Crippen molar-refractivity contribution in [2.24, 2.45) is 0 Å². The van der Waals surface area contributed by atoms with Crippen molar-refractivity contribution in [2.45, 2.75) is 61.5 Å². The van der Waals surface area contributed by atoms with Gasteiger partial charge in [0.1, 0.15) is 80.3 Å². The van der Waals surface area contributed by atoms with Gasteiger partial charge in [-0.2, -0.15) is 0 Å². The van der Waals surface area contributed by atoms with Gasteiger partial charge in [-0.25, -0.2) is 55.5 Å². The van der Waals surface area contributed by atoms with Crippen LogP contribution in [0.2, 0.25) is 0 Å². The summed E-state index contributed by atoms with van der Waals surface area (Å²) in [6, 6.07) is 19.8. The number of aromatic nitrogens is 12. The van der Waals surface area contributed by atoms with Crippen molar-refractivity contribution in [2.75, 3.05) is 42.5 Å². The molecule has 28 heteroatoms. The second-order valence-electron chi connectivity index (χ2n) is 17.7. The number of nitrogens with zero attached hydrogens (tertiary/aromatic N) is 12. The third-order valence-electron chi connectivity index (χ3n) is 12.9. The highest BCUT2D eigenvalue weighted by molar-refractivity contribution is 7.91. The number of methoxy groups -OCH3 is 4. The average molecular weight is 1140 g/mol. The third kappa shape index (κ3) is 12.7. The van der Waals surface area contributed by atoms with Crippen molar-refractivity contribution >= 4 is 31.5 Å². The van der Waals surface area contributed by atoms with E-state index in [1.165, 1.54) is 65.5 Å². The first kappa shape index (κ1) is 58.8. The van der Waals surface area contributed by atoms with Gasteiger partial charge in [0.05, 0.1) is 63.7 Å². The molecule has 8 aromatic rings. The van der Waals surface area contributed by atoms with E-state index in [1.807, 2.05) is 0 Å². The highest BCUT2D eigenvalue weighted by Gasteiger charge is 2.35. The number of nitrogens with one attached hydrogen (secondary N) is 2. The maximum Gasteiger partial charge on any atom is 0.269 e. The largest absolute Gasteiger partial charge is 0.494 e. The Hall–Kier alpha value is -8.92. The van der Waals surface area contributed by atoms with Gasteiger partial charge in [0, 0.05) is 25.9 Å². The number of hydrogen-bond acceptors (Lipinski definition) is 20. The van der Waals surface area contributed by atoms with Gasteiger partial charge < -0.3 is 29.6 Å². The molecule has 0 saturated carbocycles. The van der Waals surface area contributed by atoms with Crippen LogP contribution in [-0.2, 0) is 31.2 Å². The second kappa shape index (κ2) is 25.3. The molecule has 0 bridgehead atoms. The summed E-state index contributed by atoms with van der Waals surface area (Å²) < 4.78 is 107. The average Bonchev–Trinajstić information content (AvgIpc) is 4.22. The van der Waals surface area contributed by atoms with Crippen molar-refractivity contribution in [3.05, 3.63) is 144 Å². The molecule has 2 N–H and O–H groups in total. The van der Waals surface area contributed by atoms with Crippen LogP contribution in [0.5, 0.6) is 23.0 Å². The molecule has 0 aliphatic carbocycles. The zero-order valence-corrected chi connectivity index (χ0v) is 46.6. The van der Waals surface area contributed by atoms with Crippen molar-refractivity contribution in [3.8, 4) is 57.4 Å². The van der Waals surface area contributed by atoms with Crippen molar-refractivity contribution in [3.63, 3.8) is 0 Å². The monoisotopic (exact) mass is 1140 g/mol. The number of pyridine rings is 2. The molecule has 8 rings (SSSR count). The standard InChI is InChI=1S/2C26H28FN7O5S/c2*1-15(24-29-12-17(27)13-30-24)16(2)40(36,37)14-22-32-33-25(18-8-6-9-19(31-18)26(35)28-3)34(22)23-20(38-4)10-7-11-21(23)39-5/h2*6-13,15-16H,14H2,1-5H3,(H,28,35)/t2*15-,16-/m10/s1. The molecule has 2 aromatic carbocycles. The zero-order valence-electron chi connectivity index (χ0n) is 45.0. The smallest absolute Gasteiger partial charge is 0.269 e. The molecule has 0 radical (unpaired) electrons. The summed E-state index contributed by atoms with van der Waals surface area (Å²) in [5.41, 5.74) is 1.52. The minimum Gasteiger partial charge on any atom is -0.494 e. The molecule has 0 saturated heterocycles. The minimum absolute atomic E-state index is 0.0593. The molecule has 0 fully saturated rings. The van der Waals surface area contributed by atoms with E-state index < -0.39 is 77.0 Å². The summed E-state index contributed by atoms with van der Waals surface area (Å²) in [5.74, 6) is -2.09. The van der Waals surface area contributed by atoms with E-state index in [1.54, 1.807) is 86.6 Å². The van der Waals surface area contributed by atoms with E-state index in [-0.39, 0.29) is 57.7 Å². The number of carbonyl (C=O) groups is 2. The first-order valence-corrected chi connectivity index (χ1v) is 27.7. The Morgan fingerprint density at radius 1 is 0.512 bits per heavy atom. The molecule has 4 atom stereocenters. The second-order valence-corrected chi connectivity index (χ2v) is 22.4. The molecule has 24 nitrogen and oxygen atoms in total. The van der Waals surface area contributed by atoms with Gasteiger partial charge in [-0.3, -0.25) is 18.7 Å². The van der Waals surface area contributed by atoms with Crippen LogP contribution in [0.4, 0.5) is 8.78 Å². The molecule has 6 aromatic heterocycles. The third-order valence-corrected chi connectivity index (χ3v) is 17.3. The van der Waals surface area contributed by atoms with E-state index in [4.69, 9.17) is 18.9 Å². The molecule has 0 aliphatic rings. The molecular formula is C52H56F2N14O10S2. The number of rotatable bonds is 20. The Balaban J connectivity index is 0.000000231. The normalized spacial score (nSPS) is 12.9. The predicted molar refractivity (Wildman–Crippen MR) is 287 cm³/mol. The maximum atomic E-state index is 13.7. The van der Waals surface area contributed by atoms with E-state index in [0.29, 0.717) is 34.4 Å². The topological polar surface area (TPSA) is 302 Å². The summed E-state index contributed by atoms with van der Waals surface area (Å²) >= 11 is 0. The number of halogens is 2. The van der Waals surface area contributed by atoms with Gasteiger partial charge in [0.2, 0.25) is 0 Å². The summed E-state index contributed by atoms with van der Waals surface area (Å²) in [6.45, 7) is 6.38. The van der Waals surface area contributed by atoms with Crippen molar-refractivity contribution in [1.29, 1.82) is 0 Å². The Morgan fingerprint density at radius 2 is 0.825 bits per heavy atom. The molecular weight excluding hydrogens is 1080 g/mol. The maximum absolute atomic E-state index is 13.7. The fourth-order valence-electron chi connectivity index (χ4n) is 8.13. The summed E-state index contributed by atoms with van der Waals surface area (Å²) in [7, 11) is 1.05. The Labute approximate surface area is 459 Å². The Bertz CT molecular complexity index is 3450. The van der Waals surface area contributed by atoms with Crippen LogP contribution in [0.1, 0.15) is 83.8 Å².